The predicted octanol–water partition coefficient (Wildman–Crippen LogP) is 4.04. The second-order valence-electron chi connectivity index (χ2n) is 8.09. The highest BCUT2D eigenvalue weighted by molar-refractivity contribution is 7.89. The summed E-state index contributed by atoms with van der Waals surface area (Å²) in [6, 6.07) is 15.2. The number of nitrogens with one attached hydrogen (secondary N) is 2. The molecule has 2 N–H and O–H groups in total. The van der Waals surface area contributed by atoms with E-state index >= 15 is 0 Å². The summed E-state index contributed by atoms with van der Waals surface area (Å²) in [6.07, 6.45) is 4.93. The maximum absolute atomic E-state index is 12.8. The molecule has 0 unspecified atom stereocenters. The normalized spacial score (nSPS) is 24.8. The van der Waals surface area contributed by atoms with E-state index in [0.717, 1.165) is 12.3 Å². The largest absolute Gasteiger partial charge is 0.322 e. The molecule has 28 heavy (non-hydrogen) atoms. The highest BCUT2D eigenvalue weighted by Crippen LogP contribution is 2.49. The van der Waals surface area contributed by atoms with Crippen LogP contribution in [0.3, 0.4) is 0 Å². The minimum absolute atomic E-state index is 0.0576. The number of carbonyl (C=O) groups is 1. The van der Waals surface area contributed by atoms with Gasteiger partial charge in [0, 0.05) is 17.3 Å². The average molecular weight is 399 g/mol. The molecule has 2 bridgehead atoms. The lowest BCUT2D eigenvalue weighted by Crippen LogP contribution is -2.40. The standard InChI is InChI=1S/C22H26N2O3S/c1-15(21-14-16-7-8-18(21)13-16)24-28(26,27)20-11-9-19(10-12-20)23-22(25)17-5-3-2-4-6-17/h2-6,9-12,15-16,18,21,24H,7-8,13-14H2,1H3,(H,23,25)/t15-,16-,18-,21+/m0/s1. The van der Waals surface area contributed by atoms with Gasteiger partial charge in [-0.2, -0.15) is 0 Å². The average Bonchev–Trinajstić information content (AvgIpc) is 3.32. The molecule has 0 aromatic heterocycles. The van der Waals surface area contributed by atoms with E-state index in [1.54, 1.807) is 36.4 Å². The van der Waals surface area contributed by atoms with Gasteiger partial charge in [0.05, 0.1) is 4.90 Å². The molecule has 1 amide bonds. The van der Waals surface area contributed by atoms with Crippen molar-refractivity contribution in [2.45, 2.75) is 43.5 Å². The Morgan fingerprint density at radius 2 is 1.71 bits per heavy atom. The Morgan fingerprint density at radius 3 is 2.32 bits per heavy atom. The van der Waals surface area contributed by atoms with Gasteiger partial charge in [0.1, 0.15) is 0 Å². The van der Waals surface area contributed by atoms with Gasteiger partial charge in [-0.25, -0.2) is 13.1 Å². The molecular weight excluding hydrogens is 372 g/mol. The van der Waals surface area contributed by atoms with Crippen molar-refractivity contribution in [1.29, 1.82) is 0 Å². The van der Waals surface area contributed by atoms with E-state index in [1.807, 2.05) is 13.0 Å². The number of carbonyl (C=O) groups excluding carboxylic acids is 1. The third-order valence-corrected chi connectivity index (χ3v) is 7.81. The van der Waals surface area contributed by atoms with Crippen LogP contribution in [0.1, 0.15) is 43.0 Å². The maximum Gasteiger partial charge on any atom is 0.255 e. The van der Waals surface area contributed by atoms with Crippen LogP contribution in [-0.4, -0.2) is 20.4 Å². The van der Waals surface area contributed by atoms with Crippen LogP contribution in [0, 0.1) is 17.8 Å². The van der Waals surface area contributed by atoms with E-state index in [-0.39, 0.29) is 16.8 Å². The number of amides is 1. The van der Waals surface area contributed by atoms with E-state index < -0.39 is 10.0 Å². The van der Waals surface area contributed by atoms with Crippen molar-refractivity contribution in [2.75, 3.05) is 5.32 Å². The molecule has 148 valence electrons. The van der Waals surface area contributed by atoms with Gasteiger partial charge >= 0.3 is 0 Å². The van der Waals surface area contributed by atoms with Crippen molar-refractivity contribution in [2.24, 2.45) is 17.8 Å². The summed E-state index contributed by atoms with van der Waals surface area (Å²) < 4.78 is 28.4. The number of rotatable bonds is 6. The van der Waals surface area contributed by atoms with Crippen LogP contribution >= 0.6 is 0 Å². The molecule has 6 heteroatoms. The van der Waals surface area contributed by atoms with Gasteiger partial charge in [-0.15, -0.1) is 0 Å². The highest BCUT2D eigenvalue weighted by atomic mass is 32.2. The summed E-state index contributed by atoms with van der Waals surface area (Å²) >= 11 is 0. The molecule has 0 aliphatic heterocycles. The minimum atomic E-state index is -3.57. The molecule has 5 nitrogen and oxygen atoms in total. The summed E-state index contributed by atoms with van der Waals surface area (Å²) in [5.41, 5.74) is 1.12. The molecule has 2 aromatic rings. The Morgan fingerprint density at radius 1 is 1.00 bits per heavy atom. The molecule has 2 aliphatic carbocycles. The zero-order valence-electron chi connectivity index (χ0n) is 16.0. The number of hydrogen-bond donors (Lipinski definition) is 2. The van der Waals surface area contributed by atoms with Crippen LogP contribution in [0.2, 0.25) is 0 Å². The topological polar surface area (TPSA) is 75.3 Å². The van der Waals surface area contributed by atoms with Crippen LogP contribution in [0.4, 0.5) is 5.69 Å². The van der Waals surface area contributed by atoms with Gasteiger partial charge in [0.2, 0.25) is 10.0 Å². The van der Waals surface area contributed by atoms with Gasteiger partial charge in [-0.1, -0.05) is 24.6 Å². The number of benzene rings is 2. The first kappa shape index (κ1) is 19.2. The van der Waals surface area contributed by atoms with Crippen molar-refractivity contribution >= 4 is 21.6 Å². The summed E-state index contributed by atoms with van der Waals surface area (Å²) in [5.74, 6) is 1.67. The first-order chi connectivity index (χ1) is 13.4. The molecule has 2 aliphatic rings. The molecule has 0 heterocycles. The van der Waals surface area contributed by atoms with Crippen LogP contribution in [-0.2, 0) is 10.0 Å². The second kappa shape index (κ2) is 7.68. The van der Waals surface area contributed by atoms with E-state index in [0.29, 0.717) is 23.1 Å². The number of fused-ring (bicyclic) bond motifs is 2. The van der Waals surface area contributed by atoms with Gasteiger partial charge in [-0.05, 0) is 80.3 Å². The maximum atomic E-state index is 12.8. The Labute approximate surface area is 166 Å². The zero-order valence-corrected chi connectivity index (χ0v) is 16.8. The fourth-order valence-electron chi connectivity index (χ4n) is 4.82. The lowest BCUT2D eigenvalue weighted by Gasteiger charge is -2.28. The first-order valence-electron chi connectivity index (χ1n) is 9.91. The molecule has 0 radical (unpaired) electrons. The summed E-state index contributed by atoms with van der Waals surface area (Å²) in [5, 5.41) is 2.79. The molecule has 4 atom stereocenters. The fraction of sp³-hybridized carbons (Fsp3) is 0.409. The van der Waals surface area contributed by atoms with Gasteiger partial charge in [0.15, 0.2) is 0 Å². The van der Waals surface area contributed by atoms with Crippen LogP contribution in [0.15, 0.2) is 59.5 Å². The zero-order chi connectivity index (χ0) is 19.7. The Hall–Kier alpha value is -2.18. The second-order valence-corrected chi connectivity index (χ2v) is 9.81. The Kier molecular flexibility index (Phi) is 5.25. The lowest BCUT2D eigenvalue weighted by molar-refractivity contribution is 0.102. The van der Waals surface area contributed by atoms with Gasteiger partial charge < -0.3 is 5.32 Å². The molecular formula is C22H26N2O3S. The van der Waals surface area contributed by atoms with Crippen molar-refractivity contribution < 1.29 is 13.2 Å². The molecule has 2 aromatic carbocycles. The molecule has 0 spiro atoms. The monoisotopic (exact) mass is 398 g/mol. The van der Waals surface area contributed by atoms with Crippen LogP contribution in [0.25, 0.3) is 0 Å². The number of sulfonamides is 1. The third-order valence-electron chi connectivity index (χ3n) is 6.23. The summed E-state index contributed by atoms with van der Waals surface area (Å²) in [7, 11) is -3.57. The third kappa shape index (κ3) is 3.98. The van der Waals surface area contributed by atoms with Gasteiger partial charge in [-0.3, -0.25) is 4.79 Å². The highest BCUT2D eigenvalue weighted by Gasteiger charge is 2.42. The Bertz CT molecular complexity index is 942. The fourth-order valence-corrected chi connectivity index (χ4v) is 6.11. The quantitative estimate of drug-likeness (QED) is 0.771. The van der Waals surface area contributed by atoms with E-state index in [4.69, 9.17) is 0 Å². The van der Waals surface area contributed by atoms with Crippen molar-refractivity contribution in [3.63, 3.8) is 0 Å². The van der Waals surface area contributed by atoms with Gasteiger partial charge in [0.25, 0.3) is 5.91 Å². The van der Waals surface area contributed by atoms with E-state index in [1.165, 1.54) is 31.4 Å². The minimum Gasteiger partial charge on any atom is -0.322 e. The van der Waals surface area contributed by atoms with Crippen molar-refractivity contribution in [3.8, 4) is 0 Å². The number of anilines is 1. The van der Waals surface area contributed by atoms with E-state index in [9.17, 15) is 13.2 Å². The summed E-state index contributed by atoms with van der Waals surface area (Å²) in [6.45, 7) is 1.98. The van der Waals surface area contributed by atoms with E-state index in [2.05, 4.69) is 10.0 Å². The molecule has 0 saturated heterocycles. The lowest BCUT2D eigenvalue weighted by atomic mass is 9.84. The van der Waals surface area contributed by atoms with Crippen molar-refractivity contribution in [1.82, 2.24) is 4.72 Å². The molecule has 2 fully saturated rings. The van der Waals surface area contributed by atoms with Crippen LogP contribution < -0.4 is 10.0 Å². The number of hydrogen-bond acceptors (Lipinski definition) is 3. The smallest absolute Gasteiger partial charge is 0.255 e. The SMILES string of the molecule is C[C@H](NS(=O)(=O)c1ccc(NC(=O)c2ccccc2)cc1)[C@H]1C[C@H]2CC[C@H]1C2. The predicted molar refractivity (Wildman–Crippen MR) is 110 cm³/mol. The summed E-state index contributed by atoms with van der Waals surface area (Å²) in [4.78, 5) is 12.4. The van der Waals surface area contributed by atoms with Crippen molar-refractivity contribution in [3.05, 3.63) is 60.2 Å². The molecule has 2 saturated carbocycles. The molecule has 4 rings (SSSR count). The first-order valence-corrected chi connectivity index (χ1v) is 11.4. The Balaban J connectivity index is 1.40. The van der Waals surface area contributed by atoms with Crippen LogP contribution in [0.5, 0.6) is 0 Å².